The molecule has 0 aliphatic carbocycles. The molecule has 0 aromatic heterocycles. The Kier molecular flexibility index (Phi) is 54.1. The van der Waals surface area contributed by atoms with Gasteiger partial charge in [-0.05, 0) is 109 Å². The number of hydrogen-bond acceptors (Lipinski definition) is 5. The fourth-order valence-electron chi connectivity index (χ4n) is 8.46. The lowest BCUT2D eigenvalue weighted by molar-refractivity contribution is -0.151. The Morgan fingerprint density at radius 1 is 0.429 bits per heavy atom. The number of unbranched alkanes of at least 4 members (excludes halogenated alkanes) is 24. The zero-order valence-corrected chi connectivity index (χ0v) is 45.9. The molecule has 6 heteroatoms. The third kappa shape index (κ3) is 51.1. The highest BCUT2D eigenvalue weighted by atomic mass is 16.5. The highest BCUT2D eigenvalue weighted by Crippen LogP contribution is 2.17. The van der Waals surface area contributed by atoms with Crippen LogP contribution in [0.2, 0.25) is 0 Å². The van der Waals surface area contributed by atoms with E-state index in [0.717, 1.165) is 109 Å². The first-order chi connectivity index (χ1) is 34.5. The lowest BCUT2D eigenvalue weighted by Gasteiger charge is -2.24. The molecule has 0 aromatic carbocycles. The first kappa shape index (κ1) is 66.8. The third-order valence-electron chi connectivity index (χ3n) is 12.9. The monoisotopic (exact) mass is 974 g/mol. The number of nitrogens with one attached hydrogen (secondary N) is 1. The Balaban J connectivity index is 4.66. The first-order valence-electron chi connectivity index (χ1n) is 29.5. The van der Waals surface area contributed by atoms with Gasteiger partial charge in [0.15, 0.2) is 0 Å². The molecule has 0 aliphatic heterocycles. The van der Waals surface area contributed by atoms with E-state index < -0.39 is 18.2 Å². The van der Waals surface area contributed by atoms with Gasteiger partial charge in [0.25, 0.3) is 0 Å². The molecule has 0 spiro atoms. The van der Waals surface area contributed by atoms with Gasteiger partial charge in [0, 0.05) is 6.42 Å². The molecule has 0 aromatic rings. The minimum absolute atomic E-state index is 0.0336. The van der Waals surface area contributed by atoms with E-state index in [1.165, 1.54) is 116 Å². The summed E-state index contributed by atoms with van der Waals surface area (Å²) in [6, 6.07) is -0.728. The van der Waals surface area contributed by atoms with Crippen LogP contribution in [0.4, 0.5) is 0 Å². The maximum Gasteiger partial charge on any atom is 0.306 e. The number of amides is 1. The highest BCUT2D eigenvalue weighted by Gasteiger charge is 2.24. The lowest BCUT2D eigenvalue weighted by atomic mass is 10.0. The molecular weight excluding hydrogens is 863 g/mol. The molecule has 70 heavy (non-hydrogen) atoms. The number of aliphatic hydroxyl groups excluding tert-OH is 2. The van der Waals surface area contributed by atoms with Gasteiger partial charge in [-0.15, -0.1) is 0 Å². The number of aliphatic hydroxyl groups is 2. The first-order valence-corrected chi connectivity index (χ1v) is 29.5. The minimum atomic E-state index is -0.811. The molecule has 0 bridgehead atoms. The fraction of sp³-hybridized carbons (Fsp3) is 0.719. The van der Waals surface area contributed by atoms with Gasteiger partial charge in [-0.1, -0.05) is 246 Å². The van der Waals surface area contributed by atoms with Gasteiger partial charge in [-0.3, -0.25) is 9.59 Å². The van der Waals surface area contributed by atoms with Gasteiger partial charge in [0.05, 0.1) is 25.2 Å². The summed E-state index contributed by atoms with van der Waals surface area (Å²) >= 11 is 0. The lowest BCUT2D eigenvalue weighted by Crippen LogP contribution is -2.46. The zero-order chi connectivity index (χ0) is 50.9. The van der Waals surface area contributed by atoms with Crippen LogP contribution in [-0.2, 0) is 14.3 Å². The molecule has 0 rings (SSSR count). The van der Waals surface area contributed by atoms with Crippen molar-refractivity contribution in [3.05, 3.63) is 97.2 Å². The van der Waals surface area contributed by atoms with Crippen LogP contribution in [0.5, 0.6) is 0 Å². The predicted octanol–water partition coefficient (Wildman–Crippen LogP) is 18.5. The van der Waals surface area contributed by atoms with Crippen LogP contribution < -0.4 is 5.32 Å². The topological polar surface area (TPSA) is 95.9 Å². The van der Waals surface area contributed by atoms with E-state index in [1.807, 2.05) is 0 Å². The van der Waals surface area contributed by atoms with E-state index in [-0.39, 0.29) is 24.9 Å². The second-order valence-corrected chi connectivity index (χ2v) is 19.7. The molecule has 3 atom stereocenters. The van der Waals surface area contributed by atoms with Crippen molar-refractivity contribution < 1.29 is 24.5 Å². The Morgan fingerprint density at radius 2 is 0.771 bits per heavy atom. The SMILES string of the molecule is CC/C=C\C/C=C\C/C=C\C/C=C\C/C=C\CCCCCC(=O)OC(CCCC/C=C\C/C=C\C/C=C\CCCCC)CC(=O)NC(CO)C(O)CCCCCCCCCCCCCCCCCCC. The van der Waals surface area contributed by atoms with Gasteiger partial charge in [0.1, 0.15) is 6.10 Å². The van der Waals surface area contributed by atoms with Crippen molar-refractivity contribution in [3.8, 4) is 0 Å². The van der Waals surface area contributed by atoms with E-state index in [2.05, 4.69) is 123 Å². The van der Waals surface area contributed by atoms with E-state index in [9.17, 15) is 19.8 Å². The molecule has 0 radical (unpaired) electrons. The summed E-state index contributed by atoms with van der Waals surface area (Å²) in [4.78, 5) is 26.3. The van der Waals surface area contributed by atoms with Gasteiger partial charge in [0.2, 0.25) is 5.91 Å². The maximum atomic E-state index is 13.3. The van der Waals surface area contributed by atoms with Crippen LogP contribution in [0.1, 0.15) is 271 Å². The molecule has 3 N–H and O–H groups in total. The summed E-state index contributed by atoms with van der Waals surface area (Å²) in [5.41, 5.74) is 0. The summed E-state index contributed by atoms with van der Waals surface area (Å²) in [6.45, 7) is 6.34. The van der Waals surface area contributed by atoms with Gasteiger partial charge < -0.3 is 20.3 Å². The van der Waals surface area contributed by atoms with Crippen LogP contribution in [0.3, 0.4) is 0 Å². The average Bonchev–Trinajstić information content (AvgIpc) is 3.35. The normalized spacial score (nSPS) is 13.8. The van der Waals surface area contributed by atoms with Crippen molar-refractivity contribution in [2.24, 2.45) is 0 Å². The molecule has 0 saturated heterocycles. The zero-order valence-electron chi connectivity index (χ0n) is 45.9. The van der Waals surface area contributed by atoms with E-state index in [4.69, 9.17) is 4.74 Å². The van der Waals surface area contributed by atoms with Crippen LogP contribution in [0, 0.1) is 0 Å². The van der Waals surface area contributed by atoms with E-state index >= 15 is 0 Å². The molecule has 1 amide bonds. The van der Waals surface area contributed by atoms with Gasteiger partial charge in [-0.25, -0.2) is 0 Å². The number of esters is 1. The molecule has 402 valence electrons. The minimum Gasteiger partial charge on any atom is -0.462 e. The van der Waals surface area contributed by atoms with E-state index in [1.54, 1.807) is 0 Å². The largest absolute Gasteiger partial charge is 0.462 e. The van der Waals surface area contributed by atoms with Gasteiger partial charge in [-0.2, -0.15) is 0 Å². The average molecular weight is 975 g/mol. The number of carbonyl (C=O) groups is 2. The third-order valence-corrected chi connectivity index (χ3v) is 12.9. The second kappa shape index (κ2) is 56.7. The smallest absolute Gasteiger partial charge is 0.306 e. The maximum absolute atomic E-state index is 13.3. The number of allylic oxidation sites excluding steroid dienone is 16. The molecule has 0 aliphatic rings. The van der Waals surface area contributed by atoms with Crippen LogP contribution in [0.25, 0.3) is 0 Å². The molecule has 0 saturated carbocycles. The Bertz CT molecular complexity index is 1370. The Morgan fingerprint density at radius 3 is 1.20 bits per heavy atom. The quantitative estimate of drug-likeness (QED) is 0.0321. The van der Waals surface area contributed by atoms with Crippen molar-refractivity contribution in [1.82, 2.24) is 5.32 Å². The fourth-order valence-corrected chi connectivity index (χ4v) is 8.46. The van der Waals surface area contributed by atoms with Crippen molar-refractivity contribution in [3.63, 3.8) is 0 Å². The molecule has 3 unspecified atom stereocenters. The molecule has 0 fully saturated rings. The highest BCUT2D eigenvalue weighted by molar-refractivity contribution is 5.77. The molecule has 0 heterocycles. The second-order valence-electron chi connectivity index (χ2n) is 19.7. The van der Waals surface area contributed by atoms with Gasteiger partial charge >= 0.3 is 5.97 Å². The standard InChI is InChI=1S/C64H111NO5/c1-4-7-10-13-16-19-22-25-28-30-31-33-36-39-42-45-48-51-54-57-64(69)70-60(55-52-49-46-43-40-37-34-27-24-21-18-15-12-9-6-3)58-63(68)65-61(59-66)62(67)56-53-50-47-44-41-38-35-32-29-26-23-20-17-14-11-8-5-2/h7,10,16,18-19,21,25,27-28,31,33-34,39-40,42-43,60-62,66-67H,4-6,8-9,11-15,17,20,22-24,26,29-30,32,35-38,41,44-59H2,1-3H3,(H,65,68)/b10-7-,19-16-,21-18-,28-25-,33-31-,34-27-,42-39-,43-40-. The summed E-state index contributed by atoms with van der Waals surface area (Å²) < 4.78 is 5.93. The summed E-state index contributed by atoms with van der Waals surface area (Å²) in [7, 11) is 0. The number of ether oxygens (including phenoxy) is 1. The summed E-state index contributed by atoms with van der Waals surface area (Å²) in [5.74, 6) is -0.550. The Labute approximate surface area is 433 Å². The van der Waals surface area contributed by atoms with E-state index in [0.29, 0.717) is 19.3 Å². The van der Waals surface area contributed by atoms with Crippen molar-refractivity contribution in [2.45, 2.75) is 289 Å². The van der Waals surface area contributed by atoms with Crippen LogP contribution in [-0.4, -0.2) is 46.9 Å². The number of rotatable bonds is 52. The number of carbonyl (C=O) groups excluding carboxylic acids is 2. The molecular formula is C64H111NO5. The van der Waals surface area contributed by atoms with Crippen LogP contribution >= 0.6 is 0 Å². The summed E-state index contributed by atoms with van der Waals surface area (Å²) in [5, 5.41) is 23.9. The summed E-state index contributed by atoms with van der Waals surface area (Å²) in [6.07, 6.45) is 76.1. The molecule has 6 nitrogen and oxygen atoms in total. The number of hydrogen-bond donors (Lipinski definition) is 3. The van der Waals surface area contributed by atoms with Crippen molar-refractivity contribution >= 4 is 11.9 Å². The van der Waals surface area contributed by atoms with Crippen molar-refractivity contribution in [1.29, 1.82) is 0 Å². The predicted molar refractivity (Wildman–Crippen MR) is 305 cm³/mol. The Hall–Kier alpha value is -3.22. The van der Waals surface area contributed by atoms with Crippen molar-refractivity contribution in [2.75, 3.05) is 6.61 Å². The van der Waals surface area contributed by atoms with Crippen LogP contribution in [0.15, 0.2) is 97.2 Å².